The molecule has 6 nitrogen and oxygen atoms in total. The molecule has 0 fully saturated rings. The Hall–Kier alpha value is -1.79. The first-order valence-corrected chi connectivity index (χ1v) is 6.99. The Labute approximate surface area is 125 Å². The molecule has 0 saturated carbocycles. The first kappa shape index (κ1) is 17.3. The molecule has 1 aromatic carbocycles. The summed E-state index contributed by atoms with van der Waals surface area (Å²) in [6.07, 6.45) is 0.934. The van der Waals surface area contributed by atoms with Gasteiger partial charge in [0, 0.05) is 18.3 Å². The van der Waals surface area contributed by atoms with Crippen LogP contribution < -0.4 is 14.8 Å². The smallest absolute Gasteiger partial charge is 0.238 e. The van der Waals surface area contributed by atoms with E-state index < -0.39 is 0 Å². The van der Waals surface area contributed by atoms with Crippen molar-refractivity contribution in [1.82, 2.24) is 4.90 Å². The van der Waals surface area contributed by atoms with Crippen molar-refractivity contribution in [1.29, 1.82) is 0 Å². The summed E-state index contributed by atoms with van der Waals surface area (Å²) in [4.78, 5) is 13.9. The van der Waals surface area contributed by atoms with Gasteiger partial charge in [-0.2, -0.15) is 0 Å². The highest BCUT2D eigenvalue weighted by atomic mass is 16.5. The van der Waals surface area contributed by atoms with Crippen LogP contribution in [-0.4, -0.2) is 56.4 Å². The lowest BCUT2D eigenvalue weighted by Gasteiger charge is -2.20. The van der Waals surface area contributed by atoms with Gasteiger partial charge in [0.2, 0.25) is 5.91 Å². The molecule has 21 heavy (non-hydrogen) atoms. The number of nitrogens with zero attached hydrogens (tertiary/aromatic N) is 1. The third-order valence-corrected chi connectivity index (χ3v) is 2.99. The van der Waals surface area contributed by atoms with Crippen LogP contribution >= 0.6 is 0 Å². The van der Waals surface area contributed by atoms with Crippen molar-refractivity contribution in [3.63, 3.8) is 0 Å². The summed E-state index contributed by atoms with van der Waals surface area (Å²) in [5.41, 5.74) is 0.651. The van der Waals surface area contributed by atoms with Crippen LogP contribution in [0.2, 0.25) is 0 Å². The standard InChI is InChI=1S/C15H24N2O4/c1-4-7-17(8-9-18)11-15(19)16-12-5-6-13(20-2)14(10-12)21-3/h5-6,10,18H,4,7-9,11H2,1-3H3,(H,16,19). The van der Waals surface area contributed by atoms with Gasteiger partial charge in [0.15, 0.2) is 11.5 Å². The van der Waals surface area contributed by atoms with Crippen molar-refractivity contribution < 1.29 is 19.4 Å². The zero-order valence-corrected chi connectivity index (χ0v) is 12.9. The molecule has 0 atom stereocenters. The lowest BCUT2D eigenvalue weighted by Crippen LogP contribution is -2.35. The molecule has 1 amide bonds. The average molecular weight is 296 g/mol. The number of amides is 1. The van der Waals surface area contributed by atoms with Crippen molar-refractivity contribution in [2.45, 2.75) is 13.3 Å². The van der Waals surface area contributed by atoms with Gasteiger partial charge >= 0.3 is 0 Å². The number of aliphatic hydroxyl groups is 1. The van der Waals surface area contributed by atoms with E-state index >= 15 is 0 Å². The number of hydrogen-bond donors (Lipinski definition) is 2. The zero-order chi connectivity index (χ0) is 15.7. The van der Waals surface area contributed by atoms with Gasteiger partial charge in [-0.25, -0.2) is 0 Å². The number of aliphatic hydroxyl groups excluding tert-OH is 1. The molecule has 0 aliphatic rings. The van der Waals surface area contributed by atoms with Crippen LogP contribution in [0, 0.1) is 0 Å². The molecule has 118 valence electrons. The fraction of sp³-hybridized carbons (Fsp3) is 0.533. The third kappa shape index (κ3) is 5.61. The number of nitrogens with one attached hydrogen (secondary N) is 1. The highest BCUT2D eigenvalue weighted by Gasteiger charge is 2.11. The van der Waals surface area contributed by atoms with Crippen LogP contribution in [0.1, 0.15) is 13.3 Å². The second-order valence-electron chi connectivity index (χ2n) is 4.62. The monoisotopic (exact) mass is 296 g/mol. The molecule has 0 bridgehead atoms. The summed E-state index contributed by atoms with van der Waals surface area (Å²) < 4.78 is 10.3. The summed E-state index contributed by atoms with van der Waals surface area (Å²) in [7, 11) is 3.11. The molecule has 0 aliphatic carbocycles. The summed E-state index contributed by atoms with van der Waals surface area (Å²) in [5.74, 6) is 1.06. The van der Waals surface area contributed by atoms with Gasteiger partial charge in [0.25, 0.3) is 0 Å². The maximum absolute atomic E-state index is 12.0. The Morgan fingerprint density at radius 3 is 2.52 bits per heavy atom. The number of carbonyl (C=O) groups excluding carboxylic acids is 1. The minimum Gasteiger partial charge on any atom is -0.493 e. The van der Waals surface area contributed by atoms with Gasteiger partial charge in [0.1, 0.15) is 0 Å². The van der Waals surface area contributed by atoms with Crippen molar-refractivity contribution in [2.75, 3.05) is 45.8 Å². The molecule has 1 rings (SSSR count). The zero-order valence-electron chi connectivity index (χ0n) is 12.9. The van der Waals surface area contributed by atoms with E-state index in [1.54, 1.807) is 32.4 Å². The predicted octanol–water partition coefficient (Wildman–Crippen LogP) is 1.35. The Bertz CT molecular complexity index is 445. The molecule has 0 saturated heterocycles. The van der Waals surface area contributed by atoms with Gasteiger partial charge in [-0.3, -0.25) is 9.69 Å². The van der Waals surface area contributed by atoms with E-state index in [4.69, 9.17) is 14.6 Å². The number of rotatable bonds is 9. The Kier molecular flexibility index (Phi) is 7.56. The maximum Gasteiger partial charge on any atom is 0.238 e. The molecular formula is C15H24N2O4. The molecule has 0 aromatic heterocycles. The fourth-order valence-corrected chi connectivity index (χ4v) is 2.05. The van der Waals surface area contributed by atoms with E-state index in [-0.39, 0.29) is 19.1 Å². The summed E-state index contributed by atoms with van der Waals surface area (Å²) in [6, 6.07) is 5.22. The highest BCUT2D eigenvalue weighted by Crippen LogP contribution is 2.29. The third-order valence-electron chi connectivity index (χ3n) is 2.99. The normalized spacial score (nSPS) is 10.5. The molecule has 0 radical (unpaired) electrons. The second kappa shape index (κ2) is 9.20. The van der Waals surface area contributed by atoms with Gasteiger partial charge in [0.05, 0.1) is 27.4 Å². The fourth-order valence-electron chi connectivity index (χ4n) is 2.05. The van der Waals surface area contributed by atoms with Gasteiger partial charge < -0.3 is 19.9 Å². The van der Waals surface area contributed by atoms with Gasteiger partial charge in [-0.05, 0) is 25.1 Å². The first-order chi connectivity index (χ1) is 10.1. The Morgan fingerprint density at radius 1 is 1.24 bits per heavy atom. The molecule has 0 spiro atoms. The van der Waals surface area contributed by atoms with E-state index in [9.17, 15) is 4.79 Å². The van der Waals surface area contributed by atoms with E-state index in [0.29, 0.717) is 23.7 Å². The van der Waals surface area contributed by atoms with Crippen molar-refractivity contribution >= 4 is 11.6 Å². The molecule has 0 heterocycles. The van der Waals surface area contributed by atoms with Crippen LogP contribution in [0.5, 0.6) is 11.5 Å². The van der Waals surface area contributed by atoms with Crippen molar-refractivity contribution in [2.24, 2.45) is 0 Å². The SMILES string of the molecule is CCCN(CCO)CC(=O)Nc1ccc(OC)c(OC)c1. The Morgan fingerprint density at radius 2 is 1.95 bits per heavy atom. The minimum absolute atomic E-state index is 0.0453. The van der Waals surface area contributed by atoms with E-state index in [0.717, 1.165) is 13.0 Å². The minimum atomic E-state index is -0.121. The number of carbonyl (C=O) groups is 1. The van der Waals surface area contributed by atoms with Crippen LogP contribution in [0.25, 0.3) is 0 Å². The van der Waals surface area contributed by atoms with Gasteiger partial charge in [-0.15, -0.1) is 0 Å². The van der Waals surface area contributed by atoms with E-state index in [2.05, 4.69) is 5.32 Å². The number of ether oxygens (including phenoxy) is 2. The lowest BCUT2D eigenvalue weighted by molar-refractivity contribution is -0.117. The number of methoxy groups -OCH3 is 2. The average Bonchev–Trinajstić information content (AvgIpc) is 2.47. The molecule has 1 aromatic rings. The first-order valence-electron chi connectivity index (χ1n) is 6.99. The van der Waals surface area contributed by atoms with Crippen LogP contribution in [-0.2, 0) is 4.79 Å². The second-order valence-corrected chi connectivity index (χ2v) is 4.62. The van der Waals surface area contributed by atoms with Crippen LogP contribution in [0.15, 0.2) is 18.2 Å². The number of benzene rings is 1. The number of anilines is 1. The lowest BCUT2D eigenvalue weighted by atomic mass is 10.2. The van der Waals surface area contributed by atoms with E-state index in [1.807, 2.05) is 11.8 Å². The van der Waals surface area contributed by atoms with Crippen LogP contribution in [0.4, 0.5) is 5.69 Å². The van der Waals surface area contributed by atoms with Gasteiger partial charge in [-0.1, -0.05) is 6.92 Å². The largest absolute Gasteiger partial charge is 0.493 e. The molecule has 6 heteroatoms. The quantitative estimate of drug-likeness (QED) is 0.720. The molecular weight excluding hydrogens is 272 g/mol. The summed E-state index contributed by atoms with van der Waals surface area (Å²) in [5, 5.41) is 11.8. The summed E-state index contributed by atoms with van der Waals surface area (Å²) >= 11 is 0. The van der Waals surface area contributed by atoms with E-state index in [1.165, 1.54) is 0 Å². The molecule has 2 N–H and O–H groups in total. The maximum atomic E-state index is 12.0. The predicted molar refractivity (Wildman–Crippen MR) is 82.0 cm³/mol. The van der Waals surface area contributed by atoms with Crippen molar-refractivity contribution in [3.8, 4) is 11.5 Å². The molecule has 0 aliphatic heterocycles. The highest BCUT2D eigenvalue weighted by molar-refractivity contribution is 5.92. The topological polar surface area (TPSA) is 71.0 Å². The van der Waals surface area contributed by atoms with Crippen molar-refractivity contribution in [3.05, 3.63) is 18.2 Å². The number of hydrogen-bond acceptors (Lipinski definition) is 5. The summed E-state index contributed by atoms with van der Waals surface area (Å²) in [6.45, 7) is 3.61. The Balaban J connectivity index is 2.65. The molecule has 0 unspecified atom stereocenters. The van der Waals surface area contributed by atoms with Crippen LogP contribution in [0.3, 0.4) is 0 Å².